The second-order valence-electron chi connectivity index (χ2n) is 7.93. The number of rotatable bonds is 0. The monoisotopic (exact) mass is 440 g/mol. The van der Waals surface area contributed by atoms with Gasteiger partial charge in [-0.1, -0.05) is 23.4 Å². The summed E-state index contributed by atoms with van der Waals surface area (Å²) in [6.07, 6.45) is -3.26. The molecule has 160 valence electrons. The number of ether oxygens (including phenoxy) is 1. The van der Waals surface area contributed by atoms with Crippen molar-refractivity contribution < 1.29 is 27.5 Å². The fraction of sp³-hybridized carbons (Fsp3) is 0.524. The molecule has 5 nitrogen and oxygen atoms in total. The maximum Gasteiger partial charge on any atom is 0.417 e. The summed E-state index contributed by atoms with van der Waals surface area (Å²) in [4.78, 5) is 27.8. The Kier molecular flexibility index (Phi) is 5.69. The van der Waals surface area contributed by atoms with Crippen LogP contribution in [0.3, 0.4) is 0 Å². The molecule has 30 heavy (non-hydrogen) atoms. The Morgan fingerprint density at radius 3 is 2.67 bits per heavy atom. The molecule has 0 aliphatic carbocycles. The van der Waals surface area contributed by atoms with E-state index in [1.807, 2.05) is 0 Å². The molecule has 3 aliphatic rings. The summed E-state index contributed by atoms with van der Waals surface area (Å²) in [5, 5.41) is -0.381. The largest absolute Gasteiger partial charge is 0.417 e. The van der Waals surface area contributed by atoms with Crippen LogP contribution in [0, 0.1) is 23.7 Å². The molecule has 3 aliphatic heterocycles. The fourth-order valence-corrected chi connectivity index (χ4v) is 4.37. The van der Waals surface area contributed by atoms with Gasteiger partial charge in [-0.15, -0.1) is 0 Å². The van der Waals surface area contributed by atoms with Crippen molar-refractivity contribution in [3.8, 4) is 11.8 Å². The predicted molar refractivity (Wildman–Crippen MR) is 103 cm³/mol. The van der Waals surface area contributed by atoms with Gasteiger partial charge in [0.1, 0.15) is 6.61 Å². The molecule has 2 amide bonds. The molecule has 1 aromatic rings. The number of nitrogens with zero attached hydrogens (tertiary/aromatic N) is 2. The van der Waals surface area contributed by atoms with Gasteiger partial charge in [-0.3, -0.25) is 4.79 Å². The van der Waals surface area contributed by atoms with Crippen LogP contribution in [0.1, 0.15) is 24.0 Å². The van der Waals surface area contributed by atoms with Crippen molar-refractivity contribution in [2.75, 3.05) is 32.8 Å². The van der Waals surface area contributed by atoms with Crippen LogP contribution < -0.4 is 0 Å². The number of likely N-dealkylation sites (tertiary alicyclic amines) is 2. The van der Waals surface area contributed by atoms with Crippen molar-refractivity contribution in [3.05, 3.63) is 34.3 Å². The molecule has 0 aromatic heterocycles. The maximum atomic E-state index is 12.8. The predicted octanol–water partition coefficient (Wildman–Crippen LogP) is 3.44. The fourth-order valence-electron chi connectivity index (χ4n) is 4.09. The van der Waals surface area contributed by atoms with Gasteiger partial charge in [-0.2, -0.15) is 13.2 Å². The highest BCUT2D eigenvalue weighted by molar-refractivity contribution is 6.31. The van der Waals surface area contributed by atoms with Gasteiger partial charge in [0.2, 0.25) is 0 Å². The molecule has 2 atom stereocenters. The van der Waals surface area contributed by atoms with E-state index in [9.17, 15) is 22.8 Å². The number of hydrogen-bond donors (Lipinski definition) is 0. The third kappa shape index (κ3) is 4.42. The van der Waals surface area contributed by atoms with Crippen molar-refractivity contribution >= 4 is 23.4 Å². The lowest BCUT2D eigenvalue weighted by atomic mass is 9.88. The van der Waals surface area contributed by atoms with E-state index in [-0.39, 0.29) is 41.4 Å². The van der Waals surface area contributed by atoms with Crippen LogP contribution in [0.2, 0.25) is 5.02 Å². The SMILES string of the molecule is O=C1CO[C@H]2CCN(C(=O)N3CC(C#Cc4ccc(C(F)(F)F)c(Cl)c4)C3)C[C@H]2C1. The Morgan fingerprint density at radius 1 is 1.20 bits per heavy atom. The lowest BCUT2D eigenvalue weighted by Gasteiger charge is -2.45. The highest BCUT2D eigenvalue weighted by Crippen LogP contribution is 2.35. The Hall–Kier alpha value is -2.24. The van der Waals surface area contributed by atoms with Gasteiger partial charge in [-0.25, -0.2) is 4.79 Å². The molecule has 0 bridgehead atoms. The zero-order valence-corrected chi connectivity index (χ0v) is 16.8. The minimum Gasteiger partial charge on any atom is -0.370 e. The van der Waals surface area contributed by atoms with Gasteiger partial charge in [-0.05, 0) is 24.6 Å². The first-order chi connectivity index (χ1) is 14.2. The third-order valence-electron chi connectivity index (χ3n) is 5.73. The molecule has 0 unspecified atom stereocenters. The third-order valence-corrected chi connectivity index (χ3v) is 6.04. The smallest absolute Gasteiger partial charge is 0.370 e. The van der Waals surface area contributed by atoms with Gasteiger partial charge in [0.25, 0.3) is 0 Å². The number of urea groups is 1. The van der Waals surface area contributed by atoms with Crippen LogP contribution >= 0.6 is 11.6 Å². The first-order valence-corrected chi connectivity index (χ1v) is 10.1. The molecule has 3 fully saturated rings. The summed E-state index contributed by atoms with van der Waals surface area (Å²) in [6.45, 7) is 2.24. The molecule has 3 saturated heterocycles. The first-order valence-electron chi connectivity index (χ1n) is 9.76. The molecule has 4 rings (SSSR count). The number of benzene rings is 1. The zero-order chi connectivity index (χ0) is 21.5. The second-order valence-corrected chi connectivity index (χ2v) is 8.34. The van der Waals surface area contributed by atoms with E-state index in [0.29, 0.717) is 38.2 Å². The van der Waals surface area contributed by atoms with E-state index in [1.54, 1.807) is 9.80 Å². The quantitative estimate of drug-likeness (QED) is 0.581. The summed E-state index contributed by atoms with van der Waals surface area (Å²) >= 11 is 5.71. The van der Waals surface area contributed by atoms with E-state index < -0.39 is 11.7 Å². The van der Waals surface area contributed by atoms with Gasteiger partial charge < -0.3 is 14.5 Å². The van der Waals surface area contributed by atoms with Crippen LogP contribution in [-0.4, -0.2) is 60.5 Å². The number of piperidine rings is 1. The molecule has 3 heterocycles. The molecule has 9 heteroatoms. The average Bonchev–Trinajstić information content (AvgIpc) is 2.65. The number of carbonyl (C=O) groups is 2. The van der Waals surface area contributed by atoms with E-state index in [2.05, 4.69) is 11.8 Å². The number of alkyl halides is 3. The normalized spacial score (nSPS) is 24.6. The molecular weight excluding hydrogens is 421 g/mol. The zero-order valence-electron chi connectivity index (χ0n) is 16.0. The topological polar surface area (TPSA) is 49.9 Å². The van der Waals surface area contributed by atoms with E-state index in [1.165, 1.54) is 12.1 Å². The number of hydrogen-bond acceptors (Lipinski definition) is 3. The molecule has 1 aromatic carbocycles. The van der Waals surface area contributed by atoms with Crippen LogP contribution in [0.25, 0.3) is 0 Å². The lowest BCUT2D eigenvalue weighted by molar-refractivity contribution is -0.140. The van der Waals surface area contributed by atoms with Gasteiger partial charge >= 0.3 is 12.2 Å². The average molecular weight is 441 g/mol. The van der Waals surface area contributed by atoms with Crippen molar-refractivity contribution in [2.24, 2.45) is 11.8 Å². The number of Topliss-reactive ketones (excluding diaryl/α,β-unsaturated/α-hetero) is 1. The molecule has 0 N–H and O–H groups in total. The van der Waals surface area contributed by atoms with Crippen molar-refractivity contribution in [1.82, 2.24) is 9.80 Å². The van der Waals surface area contributed by atoms with Crippen LogP contribution in [0.4, 0.5) is 18.0 Å². The first kappa shape index (κ1) is 21.0. The summed E-state index contributed by atoms with van der Waals surface area (Å²) < 4.78 is 43.8. The summed E-state index contributed by atoms with van der Waals surface area (Å²) in [6, 6.07) is 3.35. The van der Waals surface area contributed by atoms with Gasteiger partial charge in [0.15, 0.2) is 5.78 Å². The maximum absolute atomic E-state index is 12.8. The molecule has 0 radical (unpaired) electrons. The van der Waals surface area contributed by atoms with Crippen LogP contribution in [-0.2, 0) is 15.7 Å². The molecule has 0 spiro atoms. The van der Waals surface area contributed by atoms with Crippen LogP contribution in [0.15, 0.2) is 18.2 Å². The minimum atomic E-state index is -4.50. The standard InChI is InChI=1S/C21H20ClF3N2O3/c22-18-7-13(3-4-17(18)21(23,24)25)1-2-14-9-27(10-14)20(29)26-6-5-19-15(11-26)8-16(28)12-30-19/h3-4,7,14-15,19H,5-6,8-12H2/t15-,19+/m1/s1. The summed E-state index contributed by atoms with van der Waals surface area (Å²) in [5.74, 6) is 5.93. The van der Waals surface area contributed by atoms with E-state index >= 15 is 0 Å². The second kappa shape index (κ2) is 8.12. The number of carbonyl (C=O) groups excluding carboxylic acids is 2. The van der Waals surface area contributed by atoms with Gasteiger partial charge in [0.05, 0.1) is 22.6 Å². The van der Waals surface area contributed by atoms with Crippen molar-refractivity contribution in [2.45, 2.75) is 25.1 Å². The number of fused-ring (bicyclic) bond motifs is 1. The number of ketones is 1. The molecule has 0 saturated carbocycles. The Morgan fingerprint density at radius 2 is 1.97 bits per heavy atom. The van der Waals surface area contributed by atoms with Gasteiger partial charge in [0, 0.05) is 44.1 Å². The van der Waals surface area contributed by atoms with Crippen LogP contribution in [0.5, 0.6) is 0 Å². The van der Waals surface area contributed by atoms with E-state index in [4.69, 9.17) is 16.3 Å². The molecular formula is C21H20ClF3N2O3. The van der Waals surface area contributed by atoms with Crippen molar-refractivity contribution in [1.29, 1.82) is 0 Å². The number of amides is 2. The Bertz CT molecular complexity index is 918. The lowest BCUT2D eigenvalue weighted by Crippen LogP contribution is -2.58. The summed E-state index contributed by atoms with van der Waals surface area (Å²) in [5.41, 5.74) is -0.481. The highest BCUT2D eigenvalue weighted by Gasteiger charge is 2.40. The van der Waals surface area contributed by atoms with E-state index in [0.717, 1.165) is 12.5 Å². The Labute approximate surface area is 177 Å². The highest BCUT2D eigenvalue weighted by atomic mass is 35.5. The Balaban J connectivity index is 1.30. The number of halogens is 4. The summed E-state index contributed by atoms with van der Waals surface area (Å²) in [7, 11) is 0. The van der Waals surface area contributed by atoms with Crippen molar-refractivity contribution in [3.63, 3.8) is 0 Å². The minimum absolute atomic E-state index is 0.0350.